The third-order valence-corrected chi connectivity index (χ3v) is 3.93. The molecule has 86 valence electrons. The van der Waals surface area contributed by atoms with Gasteiger partial charge in [0.25, 0.3) is 0 Å². The van der Waals surface area contributed by atoms with Gasteiger partial charge in [0.05, 0.1) is 6.10 Å². The maximum absolute atomic E-state index is 11.8. The second-order valence-corrected chi connectivity index (χ2v) is 5.27. The Morgan fingerprint density at radius 3 is 2.73 bits per heavy atom. The maximum atomic E-state index is 11.8. The fourth-order valence-corrected chi connectivity index (χ4v) is 2.90. The Balaban J connectivity index is 1.79. The van der Waals surface area contributed by atoms with Gasteiger partial charge in [0.15, 0.2) is 0 Å². The van der Waals surface area contributed by atoms with Crippen molar-refractivity contribution in [1.29, 1.82) is 0 Å². The molecule has 2 N–H and O–H groups in total. The first kappa shape index (κ1) is 10.9. The molecule has 3 nitrogen and oxygen atoms in total. The summed E-state index contributed by atoms with van der Waals surface area (Å²) in [5.41, 5.74) is 0.362. The van der Waals surface area contributed by atoms with E-state index in [1.807, 2.05) is 0 Å². The van der Waals surface area contributed by atoms with Gasteiger partial charge in [0, 0.05) is 12.5 Å². The summed E-state index contributed by atoms with van der Waals surface area (Å²) in [6.45, 7) is 2.09. The average molecular weight is 211 g/mol. The van der Waals surface area contributed by atoms with Crippen molar-refractivity contribution in [2.75, 3.05) is 6.54 Å². The van der Waals surface area contributed by atoms with Crippen LogP contribution in [0.2, 0.25) is 0 Å². The van der Waals surface area contributed by atoms with Gasteiger partial charge in [-0.25, -0.2) is 0 Å². The summed E-state index contributed by atoms with van der Waals surface area (Å²) >= 11 is 0. The summed E-state index contributed by atoms with van der Waals surface area (Å²) in [5, 5.41) is 11.9. The highest BCUT2D eigenvalue weighted by molar-refractivity contribution is 5.82. The first-order valence-electron chi connectivity index (χ1n) is 6.10. The number of aliphatic hydroxyl groups excluding tert-OH is 1. The zero-order chi connectivity index (χ0) is 10.9. The molecule has 0 bridgehead atoms. The van der Waals surface area contributed by atoms with Crippen LogP contribution in [-0.4, -0.2) is 23.7 Å². The van der Waals surface area contributed by atoms with Gasteiger partial charge in [-0.3, -0.25) is 4.79 Å². The van der Waals surface area contributed by atoms with Crippen LogP contribution in [0.5, 0.6) is 0 Å². The van der Waals surface area contributed by atoms with E-state index in [0.717, 1.165) is 6.42 Å². The van der Waals surface area contributed by atoms with Crippen molar-refractivity contribution in [2.24, 2.45) is 11.3 Å². The molecule has 0 saturated heterocycles. The highest BCUT2D eigenvalue weighted by Gasteiger charge is 2.57. The highest BCUT2D eigenvalue weighted by Crippen LogP contribution is 2.61. The number of aliphatic hydroxyl groups is 1. The first-order valence-corrected chi connectivity index (χ1v) is 6.10. The van der Waals surface area contributed by atoms with Gasteiger partial charge in [-0.2, -0.15) is 0 Å². The standard InChI is InChI=1S/C12H21NO2/c1-9(14)8-13-11(15)10-7-12(10)5-3-2-4-6-12/h9-10,14H,2-8H2,1H3,(H,13,15)/t9-,10?/m0/s1. The third kappa shape index (κ3) is 2.33. The fraction of sp³-hybridized carbons (Fsp3) is 0.917. The first-order chi connectivity index (χ1) is 7.14. The summed E-state index contributed by atoms with van der Waals surface area (Å²) < 4.78 is 0. The number of amides is 1. The van der Waals surface area contributed by atoms with E-state index in [0.29, 0.717) is 12.0 Å². The van der Waals surface area contributed by atoms with Crippen LogP contribution in [0.4, 0.5) is 0 Å². The summed E-state index contributed by atoms with van der Waals surface area (Å²) in [4.78, 5) is 11.8. The van der Waals surface area contributed by atoms with Crippen molar-refractivity contribution in [1.82, 2.24) is 5.32 Å². The Bertz CT molecular complexity index is 244. The summed E-state index contributed by atoms with van der Waals surface area (Å²) in [5.74, 6) is 0.411. The molecule has 0 aromatic carbocycles. The molecular weight excluding hydrogens is 190 g/mol. The van der Waals surface area contributed by atoms with Crippen molar-refractivity contribution in [2.45, 2.75) is 51.6 Å². The van der Waals surface area contributed by atoms with Crippen LogP contribution in [0.25, 0.3) is 0 Å². The van der Waals surface area contributed by atoms with Crippen LogP contribution in [0.3, 0.4) is 0 Å². The zero-order valence-electron chi connectivity index (χ0n) is 9.46. The molecule has 0 aliphatic heterocycles. The Hall–Kier alpha value is -0.570. The molecule has 15 heavy (non-hydrogen) atoms. The molecule has 2 fully saturated rings. The Kier molecular flexibility index (Phi) is 3.01. The number of hydrogen-bond acceptors (Lipinski definition) is 2. The Morgan fingerprint density at radius 2 is 2.13 bits per heavy atom. The molecule has 1 unspecified atom stereocenters. The lowest BCUT2D eigenvalue weighted by atomic mass is 9.84. The van der Waals surface area contributed by atoms with E-state index in [1.165, 1.54) is 32.1 Å². The van der Waals surface area contributed by atoms with Crippen molar-refractivity contribution in [3.05, 3.63) is 0 Å². The van der Waals surface area contributed by atoms with Gasteiger partial charge < -0.3 is 10.4 Å². The van der Waals surface area contributed by atoms with E-state index in [4.69, 9.17) is 5.11 Å². The predicted molar refractivity (Wildman–Crippen MR) is 58.3 cm³/mol. The molecule has 2 saturated carbocycles. The van der Waals surface area contributed by atoms with Gasteiger partial charge in [0.1, 0.15) is 0 Å². The van der Waals surface area contributed by atoms with Crippen LogP contribution in [0.15, 0.2) is 0 Å². The van der Waals surface area contributed by atoms with Crippen LogP contribution in [0.1, 0.15) is 45.4 Å². The lowest BCUT2D eigenvalue weighted by molar-refractivity contribution is -0.123. The van der Waals surface area contributed by atoms with Crippen LogP contribution < -0.4 is 5.32 Å². The molecule has 3 heteroatoms. The van der Waals surface area contributed by atoms with Gasteiger partial charge >= 0.3 is 0 Å². The van der Waals surface area contributed by atoms with Gasteiger partial charge in [-0.1, -0.05) is 19.3 Å². The monoisotopic (exact) mass is 211 g/mol. The lowest BCUT2D eigenvalue weighted by Crippen LogP contribution is -2.33. The molecule has 0 heterocycles. The minimum Gasteiger partial charge on any atom is -0.392 e. The van der Waals surface area contributed by atoms with Crippen LogP contribution in [0, 0.1) is 11.3 Å². The minimum absolute atomic E-state index is 0.165. The molecule has 2 rings (SSSR count). The minimum atomic E-state index is -0.435. The zero-order valence-corrected chi connectivity index (χ0v) is 9.46. The number of hydrogen-bond donors (Lipinski definition) is 2. The summed E-state index contributed by atoms with van der Waals surface area (Å²) in [6.07, 6.45) is 7.04. The molecule has 2 aliphatic rings. The summed E-state index contributed by atoms with van der Waals surface area (Å²) in [6, 6.07) is 0. The van der Waals surface area contributed by atoms with E-state index < -0.39 is 6.10 Å². The van der Waals surface area contributed by atoms with Crippen molar-refractivity contribution < 1.29 is 9.90 Å². The predicted octanol–water partition coefficient (Wildman–Crippen LogP) is 1.45. The second-order valence-electron chi connectivity index (χ2n) is 5.27. The SMILES string of the molecule is C[C@H](O)CNC(=O)C1CC12CCCCC2. The Morgan fingerprint density at radius 1 is 1.47 bits per heavy atom. The van der Waals surface area contributed by atoms with Crippen molar-refractivity contribution in [3.63, 3.8) is 0 Å². The third-order valence-electron chi connectivity index (χ3n) is 3.93. The number of carbonyl (C=O) groups is 1. The van der Waals surface area contributed by atoms with Crippen LogP contribution >= 0.6 is 0 Å². The second kappa shape index (κ2) is 4.12. The van der Waals surface area contributed by atoms with Gasteiger partial charge in [-0.05, 0) is 31.6 Å². The van der Waals surface area contributed by atoms with Crippen molar-refractivity contribution in [3.8, 4) is 0 Å². The molecule has 0 aromatic rings. The van der Waals surface area contributed by atoms with Gasteiger partial charge in [-0.15, -0.1) is 0 Å². The number of rotatable bonds is 3. The van der Waals surface area contributed by atoms with E-state index in [2.05, 4.69) is 5.32 Å². The van der Waals surface area contributed by atoms with Gasteiger partial charge in [0.2, 0.25) is 5.91 Å². The number of carbonyl (C=O) groups excluding carboxylic acids is 1. The maximum Gasteiger partial charge on any atom is 0.223 e. The molecule has 1 spiro atoms. The van der Waals surface area contributed by atoms with Crippen molar-refractivity contribution >= 4 is 5.91 Å². The quantitative estimate of drug-likeness (QED) is 0.742. The van der Waals surface area contributed by atoms with E-state index >= 15 is 0 Å². The average Bonchev–Trinajstić information content (AvgIpc) is 2.90. The number of nitrogens with one attached hydrogen (secondary N) is 1. The molecule has 0 aromatic heterocycles. The molecule has 2 aliphatic carbocycles. The molecule has 2 atom stereocenters. The largest absolute Gasteiger partial charge is 0.392 e. The van der Waals surface area contributed by atoms with E-state index in [9.17, 15) is 4.79 Å². The molecule has 0 radical (unpaired) electrons. The smallest absolute Gasteiger partial charge is 0.223 e. The Labute approximate surface area is 91.2 Å². The topological polar surface area (TPSA) is 49.3 Å². The normalized spacial score (nSPS) is 29.9. The summed E-state index contributed by atoms with van der Waals surface area (Å²) in [7, 11) is 0. The molecular formula is C12H21NO2. The van der Waals surface area contributed by atoms with E-state index in [1.54, 1.807) is 6.92 Å². The highest BCUT2D eigenvalue weighted by atomic mass is 16.3. The molecule has 1 amide bonds. The lowest BCUT2D eigenvalue weighted by Gasteiger charge is -2.22. The van der Waals surface area contributed by atoms with E-state index in [-0.39, 0.29) is 11.8 Å². The fourth-order valence-electron chi connectivity index (χ4n) is 2.90. The van der Waals surface area contributed by atoms with Crippen LogP contribution in [-0.2, 0) is 4.79 Å².